The van der Waals surface area contributed by atoms with Crippen LogP contribution in [0.3, 0.4) is 0 Å². The van der Waals surface area contributed by atoms with Gasteiger partial charge in [0.25, 0.3) is 5.91 Å². The van der Waals surface area contributed by atoms with E-state index in [2.05, 4.69) is 41.0 Å². The second-order valence-electron chi connectivity index (χ2n) is 9.05. The molecule has 3 heterocycles. The molecule has 2 saturated heterocycles. The highest BCUT2D eigenvalue weighted by Crippen LogP contribution is 2.41. The van der Waals surface area contributed by atoms with E-state index in [-0.39, 0.29) is 5.91 Å². The van der Waals surface area contributed by atoms with Gasteiger partial charge in [0.15, 0.2) is 0 Å². The summed E-state index contributed by atoms with van der Waals surface area (Å²) in [5.41, 5.74) is 3.86. The summed E-state index contributed by atoms with van der Waals surface area (Å²) in [5, 5.41) is 7.12. The number of hydrogen-bond acceptors (Lipinski definition) is 3. The smallest absolute Gasteiger partial charge is 0.475 e. The number of likely N-dealkylation sites (tertiary alicyclic amines) is 2. The molecule has 1 spiro atoms. The quantitative estimate of drug-likeness (QED) is 0.742. The molecule has 0 unspecified atom stereocenters. The molecular formula is C24H30F3N3O3. The van der Waals surface area contributed by atoms with Crippen molar-refractivity contribution in [2.45, 2.75) is 38.9 Å². The highest BCUT2D eigenvalue weighted by molar-refractivity contribution is 5.93. The molecule has 0 saturated carbocycles. The molecule has 2 aromatic rings. The number of alkyl halides is 3. The number of carbonyl (C=O) groups excluding carboxylic acids is 1. The van der Waals surface area contributed by atoms with Crippen LogP contribution in [0, 0.1) is 12.3 Å². The zero-order valence-corrected chi connectivity index (χ0v) is 18.9. The van der Waals surface area contributed by atoms with E-state index in [0.717, 1.165) is 44.8 Å². The summed E-state index contributed by atoms with van der Waals surface area (Å²) >= 11 is 0. The number of carbonyl (C=O) groups is 2. The van der Waals surface area contributed by atoms with Crippen LogP contribution >= 0.6 is 0 Å². The summed E-state index contributed by atoms with van der Waals surface area (Å²) in [6.45, 7) is 7.29. The predicted molar refractivity (Wildman–Crippen MR) is 118 cm³/mol. The standard InChI is InChI=1S/C22H29N3O.C2HF3O2/c1-18-5-7-19(8-6-18)16-24-13-9-22(10-14-24)11-15-25(17-22)21(26)20-4-3-12-23(20)2;3-2(4,5)1(6)7/h3-8,12H,9-11,13-17H2,1-2H3;(H,6,7). The second-order valence-corrected chi connectivity index (χ2v) is 9.05. The number of benzene rings is 1. The Kier molecular flexibility index (Phi) is 7.51. The third kappa shape index (κ3) is 6.37. The van der Waals surface area contributed by atoms with Crippen molar-refractivity contribution < 1.29 is 27.9 Å². The molecule has 1 aromatic heterocycles. The number of aromatic nitrogens is 1. The maximum atomic E-state index is 12.8. The Bertz CT molecular complexity index is 961. The SMILES string of the molecule is Cc1ccc(CN2CCC3(CC2)CCN(C(=O)c2cccn2C)C3)cc1.O=C(O)C(F)(F)F. The maximum absolute atomic E-state index is 12.8. The molecule has 4 rings (SSSR count). The van der Waals surface area contributed by atoms with E-state index in [1.165, 1.54) is 24.0 Å². The predicted octanol–water partition coefficient (Wildman–Crippen LogP) is 4.10. The van der Waals surface area contributed by atoms with Gasteiger partial charge in [0.1, 0.15) is 5.69 Å². The fourth-order valence-corrected chi connectivity index (χ4v) is 4.50. The molecule has 1 amide bonds. The highest BCUT2D eigenvalue weighted by atomic mass is 19.4. The Morgan fingerprint density at radius 1 is 1.03 bits per heavy atom. The lowest BCUT2D eigenvalue weighted by Gasteiger charge is -2.39. The van der Waals surface area contributed by atoms with Crippen LogP contribution in [-0.2, 0) is 18.4 Å². The number of nitrogens with zero attached hydrogens (tertiary/aromatic N) is 3. The summed E-state index contributed by atoms with van der Waals surface area (Å²) in [6, 6.07) is 12.8. The van der Waals surface area contributed by atoms with Gasteiger partial charge in [0.2, 0.25) is 0 Å². The summed E-state index contributed by atoms with van der Waals surface area (Å²) < 4.78 is 33.7. The third-order valence-electron chi connectivity index (χ3n) is 6.57. The van der Waals surface area contributed by atoms with E-state index in [0.29, 0.717) is 5.41 Å². The van der Waals surface area contributed by atoms with Crippen molar-refractivity contribution in [1.29, 1.82) is 0 Å². The van der Waals surface area contributed by atoms with E-state index in [1.54, 1.807) is 0 Å². The van der Waals surface area contributed by atoms with Crippen LogP contribution in [0.5, 0.6) is 0 Å². The third-order valence-corrected chi connectivity index (χ3v) is 6.57. The van der Waals surface area contributed by atoms with Crippen LogP contribution in [-0.4, -0.2) is 63.7 Å². The average Bonchev–Trinajstić information content (AvgIpc) is 3.37. The largest absolute Gasteiger partial charge is 0.490 e. The molecule has 0 aliphatic carbocycles. The van der Waals surface area contributed by atoms with E-state index >= 15 is 0 Å². The second kappa shape index (κ2) is 9.99. The van der Waals surface area contributed by atoms with Gasteiger partial charge in [-0.2, -0.15) is 13.2 Å². The monoisotopic (exact) mass is 465 g/mol. The molecule has 0 radical (unpaired) electrons. The van der Waals surface area contributed by atoms with Gasteiger partial charge in [0, 0.05) is 32.9 Å². The lowest BCUT2D eigenvalue weighted by atomic mass is 9.77. The average molecular weight is 466 g/mol. The van der Waals surface area contributed by atoms with Gasteiger partial charge in [-0.05, 0) is 62.4 Å². The zero-order valence-electron chi connectivity index (χ0n) is 18.9. The summed E-state index contributed by atoms with van der Waals surface area (Å²) in [4.78, 5) is 26.3. The molecule has 2 fully saturated rings. The van der Waals surface area contributed by atoms with Crippen LogP contribution in [0.25, 0.3) is 0 Å². The molecule has 180 valence electrons. The molecular weight excluding hydrogens is 435 g/mol. The summed E-state index contributed by atoms with van der Waals surface area (Å²) in [5.74, 6) is -2.57. The van der Waals surface area contributed by atoms with Crippen molar-refractivity contribution in [3.05, 3.63) is 59.4 Å². The minimum absolute atomic E-state index is 0.191. The number of rotatable bonds is 3. The number of hydrogen-bond donors (Lipinski definition) is 1. The van der Waals surface area contributed by atoms with Gasteiger partial charge in [-0.25, -0.2) is 4.79 Å². The topological polar surface area (TPSA) is 65.8 Å². The van der Waals surface area contributed by atoms with Gasteiger partial charge in [-0.15, -0.1) is 0 Å². The fraction of sp³-hybridized carbons (Fsp3) is 0.500. The maximum Gasteiger partial charge on any atom is 0.490 e. The molecule has 9 heteroatoms. The van der Waals surface area contributed by atoms with Crippen molar-refractivity contribution in [1.82, 2.24) is 14.4 Å². The molecule has 0 atom stereocenters. The number of amides is 1. The van der Waals surface area contributed by atoms with Gasteiger partial charge >= 0.3 is 12.1 Å². The van der Waals surface area contributed by atoms with Gasteiger partial charge in [0.05, 0.1) is 0 Å². The first kappa shape index (κ1) is 24.8. The lowest BCUT2D eigenvalue weighted by Crippen LogP contribution is -2.42. The minimum Gasteiger partial charge on any atom is -0.475 e. The number of piperidine rings is 1. The molecule has 0 bridgehead atoms. The van der Waals surface area contributed by atoms with Crippen molar-refractivity contribution in [3.63, 3.8) is 0 Å². The van der Waals surface area contributed by atoms with Crippen molar-refractivity contribution in [2.24, 2.45) is 12.5 Å². The number of aliphatic carboxylic acids is 1. The van der Waals surface area contributed by atoms with Crippen molar-refractivity contribution in [3.8, 4) is 0 Å². The number of halogens is 3. The Morgan fingerprint density at radius 2 is 1.61 bits per heavy atom. The number of aryl methyl sites for hydroxylation is 2. The van der Waals surface area contributed by atoms with E-state index in [9.17, 15) is 18.0 Å². The molecule has 2 aliphatic heterocycles. The lowest BCUT2D eigenvalue weighted by molar-refractivity contribution is -0.192. The first-order valence-electron chi connectivity index (χ1n) is 11.0. The van der Waals surface area contributed by atoms with Crippen LogP contribution in [0.15, 0.2) is 42.6 Å². The summed E-state index contributed by atoms with van der Waals surface area (Å²) in [7, 11) is 1.95. The Morgan fingerprint density at radius 3 is 2.12 bits per heavy atom. The molecule has 2 aliphatic rings. The minimum atomic E-state index is -5.08. The molecule has 33 heavy (non-hydrogen) atoms. The van der Waals surface area contributed by atoms with Gasteiger partial charge in [-0.1, -0.05) is 29.8 Å². The Labute approximate surface area is 191 Å². The Hall–Kier alpha value is -2.81. The zero-order chi connectivity index (χ0) is 24.2. The normalized spacial score (nSPS) is 18.2. The first-order chi connectivity index (χ1) is 15.5. The van der Waals surface area contributed by atoms with Gasteiger partial charge < -0.3 is 14.6 Å². The van der Waals surface area contributed by atoms with Gasteiger partial charge in [-0.3, -0.25) is 9.69 Å². The number of carboxylic acid groups (broad SMARTS) is 1. The summed E-state index contributed by atoms with van der Waals surface area (Å²) in [6.07, 6.45) is 0.426. The molecule has 1 N–H and O–H groups in total. The first-order valence-corrected chi connectivity index (χ1v) is 11.0. The van der Waals surface area contributed by atoms with Crippen molar-refractivity contribution >= 4 is 11.9 Å². The van der Waals surface area contributed by atoms with E-state index in [1.807, 2.05) is 29.9 Å². The Balaban J connectivity index is 0.000000383. The van der Waals surface area contributed by atoms with E-state index < -0.39 is 12.1 Å². The highest BCUT2D eigenvalue weighted by Gasteiger charge is 2.42. The van der Waals surface area contributed by atoms with Crippen LogP contribution in [0.1, 0.15) is 40.9 Å². The fourth-order valence-electron chi connectivity index (χ4n) is 4.50. The number of carboxylic acids is 1. The van der Waals surface area contributed by atoms with E-state index in [4.69, 9.17) is 9.90 Å². The van der Waals surface area contributed by atoms with Crippen molar-refractivity contribution in [2.75, 3.05) is 26.2 Å². The van der Waals surface area contributed by atoms with Crippen LogP contribution < -0.4 is 0 Å². The van der Waals surface area contributed by atoms with Crippen LogP contribution in [0.2, 0.25) is 0 Å². The van der Waals surface area contributed by atoms with Crippen LogP contribution in [0.4, 0.5) is 13.2 Å². The molecule has 1 aromatic carbocycles. The molecule has 6 nitrogen and oxygen atoms in total.